The molecule has 3 aromatic rings. The molecule has 0 bridgehead atoms. The molecule has 1 heterocycles. The number of nitrogens with zero attached hydrogens (tertiary/aromatic N) is 1. The largest absolute Gasteiger partial charge is 0.573 e. The van der Waals surface area contributed by atoms with E-state index in [1.807, 2.05) is 35.9 Å². The van der Waals surface area contributed by atoms with E-state index in [0.29, 0.717) is 5.56 Å². The van der Waals surface area contributed by atoms with E-state index in [0.717, 1.165) is 35.2 Å². The van der Waals surface area contributed by atoms with E-state index in [1.54, 1.807) is 6.20 Å². The number of hydrogen-bond donors (Lipinski definition) is 2. The first-order valence-electron chi connectivity index (χ1n) is 8.14. The lowest BCUT2D eigenvalue weighted by molar-refractivity contribution is -0.274. The summed E-state index contributed by atoms with van der Waals surface area (Å²) in [6, 6.07) is 11.2. The first kappa shape index (κ1) is 20.2. The van der Waals surface area contributed by atoms with Gasteiger partial charge < -0.3 is 14.4 Å². The van der Waals surface area contributed by atoms with Crippen LogP contribution in [0.1, 0.15) is 11.7 Å². The van der Waals surface area contributed by atoms with Gasteiger partial charge in [-0.1, -0.05) is 18.2 Å². The maximum absolute atomic E-state index is 12.3. The summed E-state index contributed by atoms with van der Waals surface area (Å²) in [7, 11) is -2.21. The molecule has 1 aromatic heterocycles. The summed E-state index contributed by atoms with van der Waals surface area (Å²) in [6.07, 6.45) is -4.25. The monoisotopic (exact) mass is 414 g/mol. The van der Waals surface area contributed by atoms with E-state index in [-0.39, 0.29) is 11.4 Å². The Morgan fingerprint density at radius 2 is 1.79 bits per heavy atom. The van der Waals surface area contributed by atoms with E-state index in [1.165, 1.54) is 0 Å². The van der Waals surface area contributed by atoms with Crippen LogP contribution in [0.4, 0.5) is 13.2 Å². The summed E-state index contributed by atoms with van der Waals surface area (Å²) in [5.74, 6) is -0.526. The third kappa shape index (κ3) is 4.46. The number of benzene rings is 2. The van der Waals surface area contributed by atoms with Crippen LogP contribution in [0.5, 0.6) is 5.75 Å². The van der Waals surface area contributed by atoms with Crippen molar-refractivity contribution < 1.29 is 31.4 Å². The van der Waals surface area contributed by atoms with E-state index in [2.05, 4.69) is 9.46 Å². The standard InChI is InChI=1S/C18H17F3N2O4S/c1-23-11-15(14-4-2-3-5-16(14)23)17(24)10-22-28(25,26)13-8-6-12(7-9-13)27-18(19,20)21/h2-9,11,17,22,24H,10H2,1H3. The summed E-state index contributed by atoms with van der Waals surface area (Å²) < 4.78 is 69.0. The van der Waals surface area contributed by atoms with Crippen LogP contribution in [0.3, 0.4) is 0 Å². The van der Waals surface area contributed by atoms with Gasteiger partial charge in [-0.3, -0.25) is 0 Å². The fourth-order valence-electron chi connectivity index (χ4n) is 2.84. The molecule has 28 heavy (non-hydrogen) atoms. The van der Waals surface area contributed by atoms with E-state index in [4.69, 9.17) is 0 Å². The molecule has 1 unspecified atom stereocenters. The van der Waals surface area contributed by atoms with E-state index >= 15 is 0 Å². The number of rotatable bonds is 6. The molecule has 3 rings (SSSR count). The second-order valence-corrected chi connectivity index (χ2v) is 7.87. The van der Waals surface area contributed by atoms with Crippen LogP contribution in [0.15, 0.2) is 59.6 Å². The maximum Gasteiger partial charge on any atom is 0.573 e. The van der Waals surface area contributed by atoms with Gasteiger partial charge >= 0.3 is 6.36 Å². The summed E-state index contributed by atoms with van der Waals surface area (Å²) in [5, 5.41) is 11.2. The van der Waals surface area contributed by atoms with Crippen molar-refractivity contribution in [1.82, 2.24) is 9.29 Å². The molecule has 0 aliphatic heterocycles. The van der Waals surface area contributed by atoms with Gasteiger partial charge in [-0.05, 0) is 30.3 Å². The second kappa shape index (κ2) is 7.46. The minimum atomic E-state index is -4.86. The van der Waals surface area contributed by atoms with Crippen molar-refractivity contribution in [3.05, 3.63) is 60.3 Å². The third-order valence-corrected chi connectivity index (χ3v) is 5.56. The Morgan fingerprint density at radius 1 is 1.14 bits per heavy atom. The number of para-hydroxylation sites is 1. The maximum atomic E-state index is 12.3. The number of sulfonamides is 1. The molecule has 0 aliphatic carbocycles. The van der Waals surface area contributed by atoms with Crippen molar-refractivity contribution in [2.45, 2.75) is 17.4 Å². The predicted octanol–water partition coefficient (Wildman–Crippen LogP) is 3.09. The van der Waals surface area contributed by atoms with Crippen molar-refractivity contribution in [2.24, 2.45) is 7.05 Å². The van der Waals surface area contributed by atoms with Gasteiger partial charge in [0.15, 0.2) is 0 Å². The molecule has 0 saturated heterocycles. The molecule has 2 aromatic carbocycles. The molecular formula is C18H17F3N2O4S. The number of ether oxygens (including phenoxy) is 1. The Kier molecular flexibility index (Phi) is 5.37. The molecule has 10 heteroatoms. The topological polar surface area (TPSA) is 80.6 Å². The molecule has 150 valence electrons. The van der Waals surface area contributed by atoms with Gasteiger partial charge in [-0.2, -0.15) is 0 Å². The Hall–Kier alpha value is -2.56. The number of alkyl halides is 3. The van der Waals surface area contributed by atoms with Gasteiger partial charge in [0.2, 0.25) is 10.0 Å². The zero-order valence-electron chi connectivity index (χ0n) is 14.6. The van der Waals surface area contributed by atoms with Gasteiger partial charge in [-0.15, -0.1) is 13.2 Å². The zero-order chi connectivity index (χ0) is 20.5. The number of aromatic nitrogens is 1. The lowest BCUT2D eigenvalue weighted by Crippen LogP contribution is -2.28. The Morgan fingerprint density at radius 3 is 2.43 bits per heavy atom. The predicted molar refractivity (Wildman–Crippen MR) is 96.2 cm³/mol. The van der Waals surface area contributed by atoms with Crippen molar-refractivity contribution in [3.8, 4) is 5.75 Å². The Balaban J connectivity index is 1.72. The molecular weight excluding hydrogens is 397 g/mol. The van der Waals surface area contributed by atoms with Crippen LogP contribution in [0.25, 0.3) is 10.9 Å². The number of hydrogen-bond acceptors (Lipinski definition) is 4. The van der Waals surface area contributed by atoms with E-state index < -0.39 is 28.2 Å². The van der Waals surface area contributed by atoms with Crippen molar-refractivity contribution in [3.63, 3.8) is 0 Å². The average molecular weight is 414 g/mol. The van der Waals surface area contributed by atoms with Crippen LogP contribution >= 0.6 is 0 Å². The number of aliphatic hydroxyl groups is 1. The van der Waals surface area contributed by atoms with Crippen LogP contribution in [0, 0.1) is 0 Å². The van der Waals surface area contributed by atoms with Crippen molar-refractivity contribution >= 4 is 20.9 Å². The Labute approximate surface area is 159 Å². The summed E-state index contributed by atoms with van der Waals surface area (Å²) in [5.41, 5.74) is 1.45. The molecule has 0 aliphatic rings. The number of nitrogens with one attached hydrogen (secondary N) is 1. The molecule has 0 fully saturated rings. The highest BCUT2D eigenvalue weighted by molar-refractivity contribution is 7.89. The number of aliphatic hydroxyl groups excluding tert-OH is 1. The smallest absolute Gasteiger partial charge is 0.406 e. The van der Waals surface area contributed by atoms with Crippen LogP contribution in [0.2, 0.25) is 0 Å². The first-order valence-corrected chi connectivity index (χ1v) is 9.63. The SMILES string of the molecule is Cn1cc(C(O)CNS(=O)(=O)c2ccc(OC(F)(F)F)cc2)c2ccccc21. The van der Waals surface area contributed by atoms with Crippen LogP contribution in [-0.4, -0.2) is 31.0 Å². The van der Waals surface area contributed by atoms with E-state index in [9.17, 15) is 26.7 Å². The van der Waals surface area contributed by atoms with Gasteiger partial charge in [0.1, 0.15) is 5.75 Å². The molecule has 0 spiro atoms. The van der Waals surface area contributed by atoms with Crippen LogP contribution < -0.4 is 9.46 Å². The van der Waals surface area contributed by atoms with Crippen molar-refractivity contribution in [1.29, 1.82) is 0 Å². The average Bonchev–Trinajstić information content (AvgIpc) is 2.96. The lowest BCUT2D eigenvalue weighted by atomic mass is 10.1. The van der Waals surface area contributed by atoms with Gasteiger partial charge in [0, 0.05) is 36.3 Å². The zero-order valence-corrected chi connectivity index (χ0v) is 15.5. The molecule has 0 amide bonds. The highest BCUT2D eigenvalue weighted by Gasteiger charge is 2.31. The normalized spacial score (nSPS) is 13.6. The Bertz CT molecular complexity index is 1080. The highest BCUT2D eigenvalue weighted by Crippen LogP contribution is 2.26. The third-order valence-electron chi connectivity index (χ3n) is 4.12. The fourth-order valence-corrected chi connectivity index (χ4v) is 3.88. The lowest BCUT2D eigenvalue weighted by Gasteiger charge is -2.13. The van der Waals surface area contributed by atoms with Gasteiger partial charge in [0.25, 0.3) is 0 Å². The quantitative estimate of drug-likeness (QED) is 0.650. The summed E-state index contributed by atoms with van der Waals surface area (Å²) >= 11 is 0. The van der Waals surface area contributed by atoms with Crippen molar-refractivity contribution in [2.75, 3.05) is 6.54 Å². The fraction of sp³-hybridized carbons (Fsp3) is 0.222. The molecule has 0 radical (unpaired) electrons. The van der Waals surface area contributed by atoms with Gasteiger partial charge in [0.05, 0.1) is 11.0 Å². The van der Waals surface area contributed by atoms with Gasteiger partial charge in [-0.25, -0.2) is 13.1 Å². The molecule has 0 saturated carbocycles. The summed E-state index contributed by atoms with van der Waals surface area (Å²) in [6.45, 7) is -0.295. The number of halogens is 3. The van der Waals surface area contributed by atoms with Crippen LogP contribution in [-0.2, 0) is 17.1 Å². The molecule has 2 N–H and O–H groups in total. The summed E-state index contributed by atoms with van der Waals surface area (Å²) in [4.78, 5) is -0.243. The number of aryl methyl sites for hydroxylation is 1. The minimum Gasteiger partial charge on any atom is -0.406 e. The first-order chi connectivity index (χ1) is 13.1. The molecule has 1 atom stereocenters. The molecule has 6 nitrogen and oxygen atoms in total. The number of fused-ring (bicyclic) bond motifs is 1. The highest BCUT2D eigenvalue weighted by atomic mass is 32.2. The minimum absolute atomic E-state index is 0.243. The second-order valence-electron chi connectivity index (χ2n) is 6.10.